The van der Waals surface area contributed by atoms with Gasteiger partial charge in [-0.05, 0) is 6.42 Å². The van der Waals surface area contributed by atoms with Gasteiger partial charge in [0.1, 0.15) is 6.04 Å². The highest BCUT2D eigenvalue weighted by Gasteiger charge is 2.42. The Morgan fingerprint density at radius 2 is 2.15 bits per heavy atom. The topological polar surface area (TPSA) is 79.3 Å². The summed E-state index contributed by atoms with van der Waals surface area (Å²) in [5.74, 6) is -0.974. The normalized spacial score (nSPS) is 30.6. The summed E-state index contributed by atoms with van der Waals surface area (Å²) in [6, 6.07) is -1.02. The maximum Gasteiger partial charge on any atom is 0.326 e. The second-order valence-corrected chi connectivity index (χ2v) is 5.23. The molecule has 0 aliphatic carbocycles. The minimum atomic E-state index is -0.974. The Labute approximate surface area is 118 Å². The zero-order valence-electron chi connectivity index (χ0n) is 11.9. The van der Waals surface area contributed by atoms with Crippen molar-refractivity contribution < 1.29 is 24.2 Å². The van der Waals surface area contributed by atoms with E-state index in [1.54, 1.807) is 12.0 Å². The molecule has 2 aliphatic heterocycles. The first-order valence-electron chi connectivity index (χ1n) is 6.99. The van der Waals surface area contributed by atoms with E-state index >= 15 is 0 Å². The third-order valence-corrected chi connectivity index (χ3v) is 3.99. The number of urea groups is 1. The number of likely N-dealkylation sites (tertiary alicyclic amines) is 1. The first-order valence-corrected chi connectivity index (χ1v) is 6.99. The van der Waals surface area contributed by atoms with Gasteiger partial charge in [0.15, 0.2) is 0 Å². The molecule has 0 radical (unpaired) electrons. The van der Waals surface area contributed by atoms with Gasteiger partial charge >= 0.3 is 12.0 Å². The fraction of sp³-hybridized carbons (Fsp3) is 0.846. The number of carboxylic acid groups (broad SMARTS) is 1. The molecule has 2 heterocycles. The van der Waals surface area contributed by atoms with Crippen LogP contribution < -0.4 is 0 Å². The fourth-order valence-corrected chi connectivity index (χ4v) is 2.74. The molecule has 2 aliphatic rings. The molecule has 0 bridgehead atoms. The molecule has 2 fully saturated rings. The van der Waals surface area contributed by atoms with Crippen LogP contribution in [0.2, 0.25) is 0 Å². The van der Waals surface area contributed by atoms with Crippen LogP contribution in [0.25, 0.3) is 0 Å². The van der Waals surface area contributed by atoms with Gasteiger partial charge in [0, 0.05) is 33.2 Å². The number of hydrogen-bond acceptors (Lipinski definition) is 4. The van der Waals surface area contributed by atoms with E-state index in [-0.39, 0.29) is 18.2 Å². The zero-order valence-corrected chi connectivity index (χ0v) is 11.9. The smallest absolute Gasteiger partial charge is 0.326 e. The molecule has 3 atom stereocenters. The van der Waals surface area contributed by atoms with E-state index in [2.05, 4.69) is 0 Å². The first kappa shape index (κ1) is 15.1. The average Bonchev–Trinajstić information content (AvgIpc) is 2.91. The number of ether oxygens (including phenoxy) is 2. The molecule has 7 heteroatoms. The Morgan fingerprint density at radius 1 is 1.40 bits per heavy atom. The minimum Gasteiger partial charge on any atom is -0.480 e. The summed E-state index contributed by atoms with van der Waals surface area (Å²) in [6.07, 6.45) is 1.02. The summed E-state index contributed by atoms with van der Waals surface area (Å²) in [7, 11) is 1.54. The number of nitrogens with zero attached hydrogens (tertiary/aromatic N) is 2. The van der Waals surface area contributed by atoms with Crippen LogP contribution in [0, 0.1) is 0 Å². The van der Waals surface area contributed by atoms with Crippen LogP contribution in [-0.2, 0) is 14.3 Å². The van der Waals surface area contributed by atoms with Crippen molar-refractivity contribution in [2.75, 3.05) is 33.4 Å². The lowest BCUT2D eigenvalue weighted by atomic mass is 10.2. The van der Waals surface area contributed by atoms with Gasteiger partial charge in [-0.15, -0.1) is 0 Å². The monoisotopic (exact) mass is 286 g/mol. The second kappa shape index (κ2) is 6.41. The lowest BCUT2D eigenvalue weighted by molar-refractivity contribution is -0.141. The molecule has 0 spiro atoms. The Hall–Kier alpha value is -1.34. The van der Waals surface area contributed by atoms with Crippen molar-refractivity contribution in [2.24, 2.45) is 0 Å². The van der Waals surface area contributed by atoms with Crippen LogP contribution in [0.4, 0.5) is 4.79 Å². The van der Waals surface area contributed by atoms with Crippen molar-refractivity contribution in [3.05, 3.63) is 0 Å². The number of amides is 2. The molecule has 1 N–H and O–H groups in total. The molecule has 20 heavy (non-hydrogen) atoms. The molecule has 0 aromatic rings. The van der Waals surface area contributed by atoms with Crippen molar-refractivity contribution in [2.45, 2.75) is 38.0 Å². The minimum absolute atomic E-state index is 0.0387. The van der Waals surface area contributed by atoms with Gasteiger partial charge in [0.2, 0.25) is 0 Å². The highest BCUT2D eigenvalue weighted by atomic mass is 16.5. The Morgan fingerprint density at radius 3 is 2.75 bits per heavy atom. The maximum atomic E-state index is 12.5. The second-order valence-electron chi connectivity index (χ2n) is 5.23. The Balaban J connectivity index is 2.04. The lowest BCUT2D eigenvalue weighted by Gasteiger charge is -2.36. The average molecular weight is 286 g/mol. The van der Waals surface area contributed by atoms with Gasteiger partial charge in [0.25, 0.3) is 0 Å². The number of carboxylic acids is 1. The van der Waals surface area contributed by atoms with E-state index in [1.807, 2.05) is 6.92 Å². The largest absolute Gasteiger partial charge is 0.480 e. The Bertz CT molecular complexity index is 376. The molecular weight excluding hydrogens is 264 g/mol. The highest BCUT2D eigenvalue weighted by molar-refractivity contribution is 5.83. The number of rotatable bonds is 3. The third-order valence-electron chi connectivity index (χ3n) is 3.99. The highest BCUT2D eigenvalue weighted by Crippen LogP contribution is 2.23. The van der Waals surface area contributed by atoms with Gasteiger partial charge < -0.3 is 24.4 Å². The molecule has 114 valence electrons. The van der Waals surface area contributed by atoms with Crippen LogP contribution >= 0.6 is 0 Å². The van der Waals surface area contributed by atoms with Crippen molar-refractivity contribution in [1.82, 2.24) is 9.80 Å². The van der Waals surface area contributed by atoms with E-state index in [0.717, 1.165) is 6.42 Å². The predicted molar refractivity (Wildman–Crippen MR) is 70.5 cm³/mol. The molecule has 0 aromatic heterocycles. The number of methoxy groups -OCH3 is 1. The molecule has 2 rings (SSSR count). The third kappa shape index (κ3) is 3.04. The number of carbonyl (C=O) groups is 2. The molecule has 0 saturated carbocycles. The van der Waals surface area contributed by atoms with Crippen molar-refractivity contribution in [3.8, 4) is 0 Å². The van der Waals surface area contributed by atoms with Crippen LogP contribution in [0.3, 0.4) is 0 Å². The molecular formula is C13H22N2O5. The summed E-state index contributed by atoms with van der Waals surface area (Å²) in [5, 5.41) is 9.25. The van der Waals surface area contributed by atoms with E-state index in [4.69, 9.17) is 9.47 Å². The quantitative estimate of drug-likeness (QED) is 0.812. The van der Waals surface area contributed by atoms with E-state index < -0.39 is 12.0 Å². The van der Waals surface area contributed by atoms with Gasteiger partial charge in [-0.25, -0.2) is 9.59 Å². The fourth-order valence-electron chi connectivity index (χ4n) is 2.74. The van der Waals surface area contributed by atoms with Crippen molar-refractivity contribution >= 4 is 12.0 Å². The van der Waals surface area contributed by atoms with Crippen LogP contribution in [0.1, 0.15) is 19.8 Å². The Kier molecular flexibility index (Phi) is 4.82. The number of hydrogen-bond donors (Lipinski definition) is 1. The van der Waals surface area contributed by atoms with E-state index in [9.17, 15) is 14.7 Å². The maximum absolute atomic E-state index is 12.5. The number of carbonyl (C=O) groups excluding carboxylic acids is 1. The summed E-state index contributed by atoms with van der Waals surface area (Å²) in [6.45, 7) is 3.88. The molecule has 3 unspecified atom stereocenters. The lowest BCUT2D eigenvalue weighted by Crippen LogP contribution is -2.53. The molecule has 2 amide bonds. The van der Waals surface area contributed by atoms with Gasteiger partial charge in [0.05, 0.1) is 18.8 Å². The van der Waals surface area contributed by atoms with Gasteiger partial charge in [-0.2, -0.15) is 0 Å². The van der Waals surface area contributed by atoms with Crippen molar-refractivity contribution in [3.63, 3.8) is 0 Å². The van der Waals surface area contributed by atoms with Crippen LogP contribution in [0.15, 0.2) is 0 Å². The van der Waals surface area contributed by atoms with E-state index in [0.29, 0.717) is 32.7 Å². The summed E-state index contributed by atoms with van der Waals surface area (Å²) in [4.78, 5) is 26.9. The van der Waals surface area contributed by atoms with E-state index in [1.165, 1.54) is 4.90 Å². The first-order chi connectivity index (χ1) is 9.56. The predicted octanol–water partition coefficient (Wildman–Crippen LogP) is 0.391. The standard InChI is InChI=1S/C13H22N2O5/c1-3-9-7-14(4-5-20-9)13(18)15-8-10(19-2)6-11(15)12(16)17/h9-11H,3-8H2,1-2H3,(H,16,17). The molecule has 2 saturated heterocycles. The van der Waals surface area contributed by atoms with Crippen LogP contribution in [-0.4, -0.2) is 78.5 Å². The number of aliphatic carboxylic acids is 1. The molecule has 0 aromatic carbocycles. The number of morpholine rings is 1. The summed E-state index contributed by atoms with van der Waals surface area (Å²) >= 11 is 0. The summed E-state index contributed by atoms with van der Waals surface area (Å²) in [5.41, 5.74) is 0. The van der Waals surface area contributed by atoms with Crippen LogP contribution in [0.5, 0.6) is 0 Å². The molecule has 7 nitrogen and oxygen atoms in total. The zero-order chi connectivity index (χ0) is 14.7. The summed E-state index contributed by atoms with van der Waals surface area (Å²) < 4.78 is 10.7. The van der Waals surface area contributed by atoms with Crippen molar-refractivity contribution in [1.29, 1.82) is 0 Å². The SMILES string of the molecule is CCC1CN(C(=O)N2CC(OC)CC2C(=O)O)CCO1. The van der Waals surface area contributed by atoms with Gasteiger partial charge in [-0.1, -0.05) is 6.92 Å². The van der Waals surface area contributed by atoms with Gasteiger partial charge in [-0.3, -0.25) is 0 Å².